The minimum absolute atomic E-state index is 0.231. The Hall–Kier alpha value is -0.350. The minimum Gasteiger partial charge on any atom is -0.0622 e. The third-order valence-electron chi connectivity index (χ3n) is 2.73. The second-order valence-electron chi connectivity index (χ2n) is 4.55. The van der Waals surface area contributed by atoms with E-state index in [1.807, 2.05) is 0 Å². The van der Waals surface area contributed by atoms with Crippen molar-refractivity contribution in [3.63, 3.8) is 0 Å². The van der Waals surface area contributed by atoms with Crippen LogP contribution < -0.4 is 0 Å². The van der Waals surface area contributed by atoms with Gasteiger partial charge in [-0.3, -0.25) is 0 Å². The van der Waals surface area contributed by atoms with Crippen molar-refractivity contribution in [2.24, 2.45) is 0 Å². The van der Waals surface area contributed by atoms with Gasteiger partial charge >= 0.3 is 0 Å². The molecule has 1 aromatic rings. The number of hydrogen-bond acceptors (Lipinski definition) is 0. The summed E-state index contributed by atoms with van der Waals surface area (Å²) in [5.74, 6) is 0. The fourth-order valence-corrected chi connectivity index (χ4v) is 4.76. The topological polar surface area (TPSA) is 0 Å². The maximum atomic E-state index is 2.37. The van der Waals surface area contributed by atoms with Crippen LogP contribution in [-0.2, 0) is 6.16 Å². The molecule has 1 rings (SSSR count). The zero-order valence-corrected chi connectivity index (χ0v) is 10.7. The standard InChI is InChI=1S/C13H21P/c1-11(2)14(12(3)4)10-13-8-6-5-7-9-13/h5-9,11-12H,10H2,1-4H3/p+1. The predicted octanol–water partition coefficient (Wildman–Crippen LogP) is 4.22. The van der Waals surface area contributed by atoms with Gasteiger partial charge in [0.15, 0.2) is 0 Å². The molecule has 1 aromatic carbocycles. The Morgan fingerprint density at radius 3 is 1.86 bits per heavy atom. The Bertz CT molecular complexity index is 243. The van der Waals surface area contributed by atoms with Gasteiger partial charge in [-0.2, -0.15) is 0 Å². The molecule has 0 spiro atoms. The van der Waals surface area contributed by atoms with Gasteiger partial charge in [-0.25, -0.2) is 0 Å². The molecule has 0 saturated carbocycles. The molecule has 0 unspecified atom stereocenters. The quantitative estimate of drug-likeness (QED) is 0.651. The average molecular weight is 209 g/mol. The van der Waals surface area contributed by atoms with Gasteiger partial charge in [0.25, 0.3) is 0 Å². The van der Waals surface area contributed by atoms with E-state index in [0.29, 0.717) is 0 Å². The summed E-state index contributed by atoms with van der Waals surface area (Å²) < 4.78 is 0. The van der Waals surface area contributed by atoms with Crippen molar-refractivity contribution in [3.05, 3.63) is 35.9 Å². The lowest BCUT2D eigenvalue weighted by atomic mass is 10.2. The van der Waals surface area contributed by atoms with Crippen molar-refractivity contribution in [3.8, 4) is 0 Å². The van der Waals surface area contributed by atoms with Crippen molar-refractivity contribution in [1.82, 2.24) is 0 Å². The van der Waals surface area contributed by atoms with Gasteiger partial charge in [-0.05, 0) is 33.3 Å². The molecule has 0 aliphatic rings. The molecule has 14 heavy (non-hydrogen) atoms. The third kappa shape index (κ3) is 3.42. The van der Waals surface area contributed by atoms with Gasteiger partial charge in [0.05, 0.1) is 17.5 Å². The largest absolute Gasteiger partial charge is 0.0825 e. The highest BCUT2D eigenvalue weighted by molar-refractivity contribution is 7.58. The first kappa shape index (κ1) is 11.7. The maximum Gasteiger partial charge on any atom is 0.0825 e. The van der Waals surface area contributed by atoms with E-state index in [2.05, 4.69) is 58.0 Å². The molecule has 0 fully saturated rings. The molecule has 0 atom stereocenters. The first-order chi connectivity index (χ1) is 6.61. The van der Waals surface area contributed by atoms with Crippen LogP contribution in [0.3, 0.4) is 0 Å². The van der Waals surface area contributed by atoms with Crippen molar-refractivity contribution in [2.75, 3.05) is 0 Å². The minimum atomic E-state index is -0.231. The summed E-state index contributed by atoms with van der Waals surface area (Å²) in [4.78, 5) is 0. The van der Waals surface area contributed by atoms with Crippen molar-refractivity contribution in [2.45, 2.75) is 45.2 Å². The van der Waals surface area contributed by atoms with Gasteiger partial charge in [-0.1, -0.05) is 30.3 Å². The molecule has 0 heterocycles. The van der Waals surface area contributed by atoms with E-state index in [1.165, 1.54) is 11.7 Å². The Balaban J connectivity index is 2.65. The molecular weight excluding hydrogens is 187 g/mol. The maximum absolute atomic E-state index is 2.37. The SMILES string of the molecule is CC(C)[PH+](Cc1ccccc1)C(C)C. The summed E-state index contributed by atoms with van der Waals surface area (Å²) in [7, 11) is -0.231. The van der Waals surface area contributed by atoms with Crippen LogP contribution in [0.25, 0.3) is 0 Å². The first-order valence-electron chi connectivity index (χ1n) is 5.50. The van der Waals surface area contributed by atoms with Crippen LogP contribution >= 0.6 is 7.92 Å². The Morgan fingerprint density at radius 2 is 1.43 bits per heavy atom. The molecule has 0 N–H and O–H groups in total. The van der Waals surface area contributed by atoms with Crippen LogP contribution in [0.1, 0.15) is 33.3 Å². The fourth-order valence-electron chi connectivity index (χ4n) is 1.91. The van der Waals surface area contributed by atoms with Crippen LogP contribution in [-0.4, -0.2) is 11.3 Å². The van der Waals surface area contributed by atoms with Gasteiger partial charge in [0.1, 0.15) is 0 Å². The zero-order valence-electron chi connectivity index (χ0n) is 9.75. The highest BCUT2D eigenvalue weighted by atomic mass is 31.1. The summed E-state index contributed by atoms with van der Waals surface area (Å²) >= 11 is 0. The predicted molar refractivity (Wildman–Crippen MR) is 68.7 cm³/mol. The molecule has 0 aliphatic heterocycles. The van der Waals surface area contributed by atoms with Crippen LogP contribution in [0.15, 0.2) is 30.3 Å². The smallest absolute Gasteiger partial charge is 0.0622 e. The Morgan fingerprint density at radius 1 is 0.929 bits per heavy atom. The molecule has 1 heteroatoms. The second kappa shape index (κ2) is 5.51. The second-order valence-corrected chi connectivity index (χ2v) is 8.36. The number of rotatable bonds is 4. The molecule has 0 nitrogen and oxygen atoms in total. The fraction of sp³-hybridized carbons (Fsp3) is 0.538. The van der Waals surface area contributed by atoms with Crippen molar-refractivity contribution >= 4 is 7.92 Å². The first-order valence-corrected chi connectivity index (χ1v) is 7.37. The molecule has 78 valence electrons. The van der Waals surface area contributed by atoms with E-state index in [4.69, 9.17) is 0 Å². The van der Waals surface area contributed by atoms with Gasteiger partial charge in [-0.15, -0.1) is 0 Å². The van der Waals surface area contributed by atoms with Gasteiger partial charge in [0.2, 0.25) is 0 Å². The summed E-state index contributed by atoms with van der Waals surface area (Å²) in [6.45, 7) is 9.49. The lowest BCUT2D eigenvalue weighted by molar-refractivity contribution is 0.996. The Kier molecular flexibility index (Phi) is 4.62. The van der Waals surface area contributed by atoms with E-state index in [1.54, 1.807) is 0 Å². The Labute approximate surface area is 89.5 Å². The van der Waals surface area contributed by atoms with Crippen LogP contribution in [0.2, 0.25) is 0 Å². The summed E-state index contributed by atoms with van der Waals surface area (Å²) in [6, 6.07) is 10.9. The van der Waals surface area contributed by atoms with Crippen LogP contribution in [0.4, 0.5) is 0 Å². The normalized spacial score (nSPS) is 11.6. The molecule has 0 amide bonds. The molecule has 0 aliphatic carbocycles. The lowest BCUT2D eigenvalue weighted by Gasteiger charge is -2.17. The van der Waals surface area contributed by atoms with Crippen molar-refractivity contribution < 1.29 is 0 Å². The molecule has 0 radical (unpaired) electrons. The highest BCUT2D eigenvalue weighted by Crippen LogP contribution is 2.48. The highest BCUT2D eigenvalue weighted by Gasteiger charge is 2.24. The van der Waals surface area contributed by atoms with Crippen LogP contribution in [0, 0.1) is 0 Å². The summed E-state index contributed by atoms with van der Waals surface area (Å²) in [5.41, 5.74) is 3.27. The van der Waals surface area contributed by atoms with Crippen molar-refractivity contribution in [1.29, 1.82) is 0 Å². The van der Waals surface area contributed by atoms with E-state index in [0.717, 1.165) is 11.3 Å². The van der Waals surface area contributed by atoms with Gasteiger partial charge in [0, 0.05) is 7.92 Å². The molecule has 0 saturated heterocycles. The van der Waals surface area contributed by atoms with Gasteiger partial charge < -0.3 is 0 Å². The molecular formula is C13H22P+. The number of benzene rings is 1. The van der Waals surface area contributed by atoms with E-state index in [-0.39, 0.29) is 7.92 Å². The van der Waals surface area contributed by atoms with E-state index < -0.39 is 0 Å². The third-order valence-corrected chi connectivity index (χ3v) is 6.52. The molecule has 0 aromatic heterocycles. The summed E-state index contributed by atoms with van der Waals surface area (Å²) in [6.07, 6.45) is 1.32. The van der Waals surface area contributed by atoms with Crippen LogP contribution in [0.5, 0.6) is 0 Å². The monoisotopic (exact) mass is 209 g/mol. The van der Waals surface area contributed by atoms with E-state index in [9.17, 15) is 0 Å². The van der Waals surface area contributed by atoms with E-state index >= 15 is 0 Å². The average Bonchev–Trinajstić information content (AvgIpc) is 2.15. The molecule has 0 bridgehead atoms. The summed E-state index contributed by atoms with van der Waals surface area (Å²) in [5, 5.41) is 0. The zero-order chi connectivity index (χ0) is 10.6. The lowest BCUT2D eigenvalue weighted by Crippen LogP contribution is -2.05. The number of hydrogen-bond donors (Lipinski definition) is 0.